The molecule has 118 valence electrons. The number of nitrogens with two attached hydrogens (primary N) is 1. The molecule has 0 saturated heterocycles. The lowest BCUT2D eigenvalue weighted by Gasteiger charge is -2.05. The number of imidazole rings is 1. The quantitative estimate of drug-likeness (QED) is 0.590. The second-order valence-electron chi connectivity index (χ2n) is 5.22. The van der Waals surface area contributed by atoms with Crippen molar-refractivity contribution < 1.29 is 4.79 Å². The number of nitrogens with zero attached hydrogens (tertiary/aromatic N) is 3. The van der Waals surface area contributed by atoms with Gasteiger partial charge in [-0.15, -0.1) is 0 Å². The minimum absolute atomic E-state index is 0.228. The van der Waals surface area contributed by atoms with E-state index in [1.54, 1.807) is 41.1 Å². The summed E-state index contributed by atoms with van der Waals surface area (Å²) in [6, 6.07) is 10.6. The van der Waals surface area contributed by atoms with E-state index < -0.39 is 5.91 Å². The van der Waals surface area contributed by atoms with Gasteiger partial charge in [-0.2, -0.15) is 0 Å². The van der Waals surface area contributed by atoms with Gasteiger partial charge in [-0.1, -0.05) is 29.3 Å². The number of pyridine rings is 2. The van der Waals surface area contributed by atoms with Gasteiger partial charge in [-0.3, -0.25) is 14.2 Å². The van der Waals surface area contributed by atoms with E-state index in [4.69, 9.17) is 28.9 Å². The smallest absolute Gasteiger partial charge is 0.268 e. The Bertz CT molecular complexity index is 1100. The highest BCUT2D eigenvalue weighted by Crippen LogP contribution is 2.37. The summed E-state index contributed by atoms with van der Waals surface area (Å²) in [6.45, 7) is 0. The Morgan fingerprint density at radius 3 is 2.54 bits per heavy atom. The van der Waals surface area contributed by atoms with Crippen molar-refractivity contribution in [2.75, 3.05) is 0 Å². The lowest BCUT2D eigenvalue weighted by Crippen LogP contribution is -2.15. The molecule has 0 unspecified atom stereocenters. The van der Waals surface area contributed by atoms with Crippen LogP contribution >= 0.6 is 23.2 Å². The third-order valence-electron chi connectivity index (χ3n) is 3.80. The van der Waals surface area contributed by atoms with Crippen molar-refractivity contribution in [3.8, 4) is 11.3 Å². The number of carbonyl (C=O) groups is 1. The molecule has 0 radical (unpaired) electrons. The van der Waals surface area contributed by atoms with E-state index in [2.05, 4.69) is 9.97 Å². The van der Waals surface area contributed by atoms with Gasteiger partial charge in [0.05, 0.1) is 15.6 Å². The molecule has 2 N–H and O–H groups in total. The molecule has 1 amide bonds. The number of carbonyl (C=O) groups excluding carboxylic acids is 1. The fraction of sp³-hybridized carbons (Fsp3) is 0. The third-order valence-corrected chi connectivity index (χ3v) is 4.43. The molecule has 0 aliphatic heterocycles. The number of aromatic nitrogens is 3. The molecule has 5 nitrogen and oxygen atoms in total. The normalized spacial score (nSPS) is 11.2. The average Bonchev–Trinajstić information content (AvgIpc) is 2.94. The SMILES string of the molecule is NC(=O)c1c(-c2c(Cl)cccc2Cl)nc2c3cccnc3ccn12. The number of benzene rings is 1. The van der Waals surface area contributed by atoms with E-state index in [-0.39, 0.29) is 5.69 Å². The molecule has 1 aromatic carbocycles. The maximum absolute atomic E-state index is 12.1. The first-order valence-corrected chi connectivity index (χ1v) is 7.83. The Hall–Kier alpha value is -2.63. The van der Waals surface area contributed by atoms with Crippen molar-refractivity contribution >= 4 is 45.7 Å². The van der Waals surface area contributed by atoms with Gasteiger partial charge in [-0.25, -0.2) is 4.98 Å². The van der Waals surface area contributed by atoms with E-state index >= 15 is 0 Å². The van der Waals surface area contributed by atoms with Crippen LogP contribution in [0.3, 0.4) is 0 Å². The summed E-state index contributed by atoms with van der Waals surface area (Å²) in [4.78, 5) is 21.0. The molecular weight excluding hydrogens is 347 g/mol. The highest BCUT2D eigenvalue weighted by atomic mass is 35.5. The summed E-state index contributed by atoms with van der Waals surface area (Å²) in [5.41, 5.74) is 8.01. The van der Waals surface area contributed by atoms with Crippen LogP contribution in [0, 0.1) is 0 Å². The molecular formula is C17H10Cl2N4O. The maximum Gasteiger partial charge on any atom is 0.268 e. The molecule has 0 saturated carbocycles. The van der Waals surface area contributed by atoms with E-state index in [0.717, 1.165) is 10.9 Å². The lowest BCUT2D eigenvalue weighted by molar-refractivity contribution is 0.0995. The topological polar surface area (TPSA) is 73.3 Å². The van der Waals surface area contributed by atoms with Crippen molar-refractivity contribution in [2.45, 2.75) is 0 Å². The van der Waals surface area contributed by atoms with E-state index in [0.29, 0.717) is 26.9 Å². The number of halogens is 2. The van der Waals surface area contributed by atoms with Gasteiger partial charge >= 0.3 is 0 Å². The van der Waals surface area contributed by atoms with Gasteiger partial charge in [0.2, 0.25) is 0 Å². The molecule has 0 spiro atoms. The second kappa shape index (κ2) is 5.47. The van der Waals surface area contributed by atoms with E-state index in [9.17, 15) is 4.79 Å². The first kappa shape index (κ1) is 14.9. The third kappa shape index (κ3) is 2.13. The van der Waals surface area contributed by atoms with Gasteiger partial charge in [-0.05, 0) is 30.3 Å². The Morgan fingerprint density at radius 2 is 1.83 bits per heavy atom. The fourth-order valence-corrected chi connectivity index (χ4v) is 3.36. The molecule has 4 rings (SSSR count). The summed E-state index contributed by atoms with van der Waals surface area (Å²) in [6.07, 6.45) is 3.41. The van der Waals surface area contributed by atoms with Gasteiger partial charge in [0.25, 0.3) is 5.91 Å². The Labute approximate surface area is 146 Å². The summed E-state index contributed by atoms with van der Waals surface area (Å²) < 4.78 is 1.64. The highest BCUT2D eigenvalue weighted by molar-refractivity contribution is 6.39. The van der Waals surface area contributed by atoms with Crippen molar-refractivity contribution in [1.82, 2.24) is 14.4 Å². The molecule has 0 aliphatic carbocycles. The average molecular weight is 357 g/mol. The summed E-state index contributed by atoms with van der Waals surface area (Å²) in [7, 11) is 0. The molecule has 0 atom stereocenters. The molecule has 24 heavy (non-hydrogen) atoms. The van der Waals surface area contributed by atoms with Crippen LogP contribution in [0.5, 0.6) is 0 Å². The first-order chi connectivity index (χ1) is 11.6. The Balaban J connectivity index is 2.18. The summed E-state index contributed by atoms with van der Waals surface area (Å²) >= 11 is 12.6. The van der Waals surface area contributed by atoms with Crippen molar-refractivity contribution in [1.29, 1.82) is 0 Å². The monoisotopic (exact) mass is 356 g/mol. The first-order valence-electron chi connectivity index (χ1n) is 7.08. The van der Waals surface area contributed by atoms with Crippen molar-refractivity contribution in [2.24, 2.45) is 5.73 Å². The van der Waals surface area contributed by atoms with Crippen molar-refractivity contribution in [3.63, 3.8) is 0 Å². The standard InChI is InChI=1S/C17H10Cl2N4O/c18-10-4-1-5-11(19)13(10)14-15(16(20)24)23-8-6-12-9(17(23)22-14)3-2-7-21-12/h1-8H,(H2,20,24). The summed E-state index contributed by atoms with van der Waals surface area (Å²) in [5.74, 6) is -0.614. The van der Waals surface area contributed by atoms with Gasteiger partial charge in [0.1, 0.15) is 17.0 Å². The lowest BCUT2D eigenvalue weighted by atomic mass is 10.1. The number of amides is 1. The predicted molar refractivity (Wildman–Crippen MR) is 94.5 cm³/mol. The number of rotatable bonds is 2. The molecule has 7 heteroatoms. The van der Waals surface area contributed by atoms with Crippen LogP contribution in [0.2, 0.25) is 10.0 Å². The van der Waals surface area contributed by atoms with Crippen LogP contribution in [-0.2, 0) is 0 Å². The number of hydrogen-bond donors (Lipinski definition) is 1. The molecule has 3 aromatic heterocycles. The minimum Gasteiger partial charge on any atom is -0.364 e. The van der Waals surface area contributed by atoms with Crippen LogP contribution in [0.4, 0.5) is 0 Å². The molecule has 0 fully saturated rings. The largest absolute Gasteiger partial charge is 0.364 e. The summed E-state index contributed by atoms with van der Waals surface area (Å²) in [5, 5.41) is 1.60. The fourth-order valence-electron chi connectivity index (χ4n) is 2.79. The zero-order chi connectivity index (χ0) is 16.8. The van der Waals surface area contributed by atoms with Crippen LogP contribution < -0.4 is 5.73 Å². The van der Waals surface area contributed by atoms with Crippen LogP contribution in [-0.4, -0.2) is 20.3 Å². The highest BCUT2D eigenvalue weighted by Gasteiger charge is 2.23. The van der Waals surface area contributed by atoms with Crippen LogP contribution in [0.15, 0.2) is 48.8 Å². The zero-order valence-corrected chi connectivity index (χ0v) is 13.7. The molecule has 4 aromatic rings. The van der Waals surface area contributed by atoms with Gasteiger partial charge < -0.3 is 5.73 Å². The van der Waals surface area contributed by atoms with Gasteiger partial charge in [0.15, 0.2) is 0 Å². The Morgan fingerprint density at radius 1 is 1.08 bits per heavy atom. The number of fused-ring (bicyclic) bond motifs is 3. The molecule has 0 bridgehead atoms. The second-order valence-corrected chi connectivity index (χ2v) is 6.03. The number of hydrogen-bond acceptors (Lipinski definition) is 3. The molecule has 0 aliphatic rings. The molecule has 3 heterocycles. The maximum atomic E-state index is 12.1. The zero-order valence-electron chi connectivity index (χ0n) is 12.2. The van der Waals surface area contributed by atoms with E-state index in [1.165, 1.54) is 0 Å². The van der Waals surface area contributed by atoms with Crippen LogP contribution in [0.25, 0.3) is 27.8 Å². The Kier molecular flexibility index (Phi) is 3.40. The predicted octanol–water partition coefficient (Wildman–Crippen LogP) is 3.96. The van der Waals surface area contributed by atoms with Crippen LogP contribution in [0.1, 0.15) is 10.5 Å². The van der Waals surface area contributed by atoms with E-state index in [1.807, 2.05) is 12.1 Å². The number of primary amides is 1. The van der Waals surface area contributed by atoms with Gasteiger partial charge in [0, 0.05) is 23.3 Å². The minimum atomic E-state index is -0.614. The van der Waals surface area contributed by atoms with Crippen molar-refractivity contribution in [3.05, 3.63) is 64.5 Å².